The first-order valence-electron chi connectivity index (χ1n) is 13.3. The first kappa shape index (κ1) is 29.8. The van der Waals surface area contributed by atoms with Crippen LogP contribution in [0.25, 0.3) is 16.9 Å². The Balaban J connectivity index is 1.65. The van der Waals surface area contributed by atoms with Crippen molar-refractivity contribution in [2.45, 2.75) is 44.6 Å². The highest BCUT2D eigenvalue weighted by Crippen LogP contribution is 2.27. The van der Waals surface area contributed by atoms with Crippen LogP contribution in [0.5, 0.6) is 11.5 Å². The zero-order chi connectivity index (χ0) is 29.7. The molecule has 0 fully saturated rings. The summed E-state index contributed by atoms with van der Waals surface area (Å²) in [6.45, 7) is 7.32. The summed E-state index contributed by atoms with van der Waals surface area (Å²) in [5.74, 6) is 1.40. The molecule has 41 heavy (non-hydrogen) atoms. The summed E-state index contributed by atoms with van der Waals surface area (Å²) in [6.07, 6.45) is 1.84. The van der Waals surface area contributed by atoms with Gasteiger partial charge in [0.1, 0.15) is 11.5 Å². The van der Waals surface area contributed by atoms with Crippen molar-refractivity contribution in [3.63, 3.8) is 0 Å². The highest BCUT2D eigenvalue weighted by Gasteiger charge is 2.29. The number of imidazole rings is 1. The number of anilines is 1. The fourth-order valence-corrected chi connectivity index (χ4v) is 5.91. The van der Waals surface area contributed by atoms with E-state index in [1.165, 1.54) is 29.1 Å². The van der Waals surface area contributed by atoms with Crippen LogP contribution in [0.2, 0.25) is 0 Å². The van der Waals surface area contributed by atoms with Gasteiger partial charge in [-0.25, -0.2) is 13.4 Å². The molecule has 3 aromatic carbocycles. The van der Waals surface area contributed by atoms with Gasteiger partial charge in [-0.05, 0) is 86.0 Å². The SMILES string of the molecule is COc1ccc(-c2cn(-c3ccc(C(C)C)cc3)c(NC(=O)CN(C(C)C)S(=O)(=O)c3ccc(OC)cc3)n2)cc1. The van der Waals surface area contributed by atoms with Gasteiger partial charge in [-0.2, -0.15) is 4.31 Å². The van der Waals surface area contributed by atoms with E-state index in [0.717, 1.165) is 17.0 Å². The molecule has 4 rings (SSSR count). The maximum Gasteiger partial charge on any atom is 0.243 e. The topological polar surface area (TPSA) is 103 Å². The third-order valence-electron chi connectivity index (χ3n) is 6.72. The summed E-state index contributed by atoms with van der Waals surface area (Å²) in [5.41, 5.74) is 3.47. The normalized spacial score (nSPS) is 11.7. The van der Waals surface area contributed by atoms with Gasteiger partial charge in [-0.1, -0.05) is 26.0 Å². The van der Waals surface area contributed by atoms with Gasteiger partial charge in [0.05, 0.1) is 31.4 Å². The summed E-state index contributed by atoms with van der Waals surface area (Å²) in [7, 11) is -0.839. The van der Waals surface area contributed by atoms with E-state index in [9.17, 15) is 13.2 Å². The van der Waals surface area contributed by atoms with E-state index in [0.29, 0.717) is 17.4 Å². The number of rotatable bonds is 11. The van der Waals surface area contributed by atoms with Gasteiger partial charge < -0.3 is 9.47 Å². The first-order valence-corrected chi connectivity index (χ1v) is 14.8. The molecule has 0 saturated heterocycles. The summed E-state index contributed by atoms with van der Waals surface area (Å²) in [5, 5.41) is 2.85. The molecule has 1 heterocycles. The molecule has 4 aromatic rings. The molecule has 216 valence electrons. The second kappa shape index (κ2) is 12.6. The lowest BCUT2D eigenvalue weighted by Crippen LogP contribution is -2.42. The molecule has 10 heteroatoms. The van der Waals surface area contributed by atoms with Crippen molar-refractivity contribution in [1.82, 2.24) is 13.9 Å². The van der Waals surface area contributed by atoms with E-state index in [1.807, 2.05) is 54.7 Å². The lowest BCUT2D eigenvalue weighted by Gasteiger charge is -2.25. The summed E-state index contributed by atoms with van der Waals surface area (Å²) >= 11 is 0. The number of ether oxygens (including phenoxy) is 2. The number of hydrogen-bond acceptors (Lipinski definition) is 6. The van der Waals surface area contributed by atoms with E-state index in [1.54, 1.807) is 37.7 Å². The first-order chi connectivity index (χ1) is 19.5. The van der Waals surface area contributed by atoms with Crippen molar-refractivity contribution in [1.29, 1.82) is 0 Å². The highest BCUT2D eigenvalue weighted by atomic mass is 32.2. The molecule has 0 bridgehead atoms. The number of carbonyl (C=O) groups is 1. The average molecular weight is 577 g/mol. The van der Waals surface area contributed by atoms with Crippen molar-refractivity contribution in [3.8, 4) is 28.4 Å². The predicted molar refractivity (Wildman–Crippen MR) is 160 cm³/mol. The molecule has 1 aromatic heterocycles. The molecule has 9 nitrogen and oxygen atoms in total. The molecule has 0 atom stereocenters. The van der Waals surface area contributed by atoms with Crippen LogP contribution in [0, 0.1) is 0 Å². The standard InChI is InChI=1S/C31H36N4O5S/c1-21(2)23-7-11-25(12-8-23)34-19-29(24-9-13-26(39-5)14-10-24)32-31(34)33-30(36)20-35(22(3)4)41(37,38)28-17-15-27(40-6)16-18-28/h7-19,21-22H,20H2,1-6H3,(H,32,33,36). The number of aromatic nitrogens is 2. The van der Waals surface area contributed by atoms with Crippen LogP contribution in [-0.4, -0.2) is 55.0 Å². The molecule has 1 amide bonds. The maximum absolute atomic E-state index is 13.5. The van der Waals surface area contributed by atoms with Crippen LogP contribution in [0.1, 0.15) is 39.2 Å². The molecule has 0 aliphatic heterocycles. The number of nitrogens with zero attached hydrogens (tertiary/aromatic N) is 3. The van der Waals surface area contributed by atoms with Crippen LogP contribution in [0.15, 0.2) is 83.9 Å². The minimum atomic E-state index is -3.95. The maximum atomic E-state index is 13.5. The summed E-state index contributed by atoms with van der Waals surface area (Å²) in [6, 6.07) is 21.1. The summed E-state index contributed by atoms with van der Waals surface area (Å²) in [4.78, 5) is 18.1. The zero-order valence-corrected chi connectivity index (χ0v) is 25.0. The Bertz CT molecular complexity index is 1580. The number of methoxy groups -OCH3 is 2. The molecule has 0 aliphatic rings. The fourth-order valence-electron chi connectivity index (χ4n) is 4.32. The fraction of sp³-hybridized carbons (Fsp3) is 0.290. The lowest BCUT2D eigenvalue weighted by atomic mass is 10.0. The van der Waals surface area contributed by atoms with Crippen molar-refractivity contribution >= 4 is 21.9 Å². The number of carbonyl (C=O) groups excluding carboxylic acids is 1. The van der Waals surface area contributed by atoms with Gasteiger partial charge >= 0.3 is 0 Å². The van der Waals surface area contributed by atoms with Crippen LogP contribution in [0.4, 0.5) is 5.95 Å². The Labute approximate surface area is 241 Å². The molecular weight excluding hydrogens is 540 g/mol. The van der Waals surface area contributed by atoms with Crippen molar-refractivity contribution in [2.24, 2.45) is 0 Å². The van der Waals surface area contributed by atoms with Gasteiger partial charge in [0.15, 0.2) is 0 Å². The number of sulfonamides is 1. The van der Waals surface area contributed by atoms with E-state index in [-0.39, 0.29) is 17.4 Å². The lowest BCUT2D eigenvalue weighted by molar-refractivity contribution is -0.116. The minimum absolute atomic E-state index is 0.0772. The Hall–Kier alpha value is -4.15. The number of amides is 1. The van der Waals surface area contributed by atoms with E-state index in [4.69, 9.17) is 14.5 Å². The van der Waals surface area contributed by atoms with E-state index in [2.05, 4.69) is 19.2 Å². The molecule has 0 saturated carbocycles. The van der Waals surface area contributed by atoms with Crippen LogP contribution >= 0.6 is 0 Å². The van der Waals surface area contributed by atoms with Crippen molar-refractivity contribution in [3.05, 3.63) is 84.6 Å². The largest absolute Gasteiger partial charge is 0.497 e. The van der Waals surface area contributed by atoms with Crippen LogP contribution in [-0.2, 0) is 14.8 Å². The number of hydrogen-bond donors (Lipinski definition) is 1. The zero-order valence-electron chi connectivity index (χ0n) is 24.2. The molecule has 0 unspecified atom stereocenters. The van der Waals surface area contributed by atoms with Gasteiger partial charge in [0, 0.05) is 23.5 Å². The highest BCUT2D eigenvalue weighted by molar-refractivity contribution is 7.89. The average Bonchev–Trinajstić information content (AvgIpc) is 3.39. The van der Waals surface area contributed by atoms with Crippen LogP contribution < -0.4 is 14.8 Å². The molecule has 0 radical (unpaired) electrons. The van der Waals surface area contributed by atoms with Gasteiger partial charge in [0.2, 0.25) is 21.9 Å². The van der Waals surface area contributed by atoms with Gasteiger partial charge in [-0.15, -0.1) is 0 Å². The van der Waals surface area contributed by atoms with E-state index < -0.39 is 22.0 Å². The quantitative estimate of drug-likeness (QED) is 0.245. The third-order valence-corrected chi connectivity index (χ3v) is 8.76. The van der Waals surface area contributed by atoms with Gasteiger partial charge in [0.25, 0.3) is 0 Å². The second-order valence-electron chi connectivity index (χ2n) is 10.2. The molecular formula is C31H36N4O5S. The smallest absolute Gasteiger partial charge is 0.243 e. The number of benzene rings is 3. The predicted octanol–water partition coefficient (Wildman–Crippen LogP) is 5.72. The van der Waals surface area contributed by atoms with E-state index >= 15 is 0 Å². The Morgan fingerprint density at radius 2 is 1.44 bits per heavy atom. The second-order valence-corrected chi connectivity index (χ2v) is 12.1. The monoisotopic (exact) mass is 576 g/mol. The molecule has 0 aliphatic carbocycles. The Morgan fingerprint density at radius 1 is 0.878 bits per heavy atom. The Kier molecular flexibility index (Phi) is 9.14. The third kappa shape index (κ3) is 6.78. The van der Waals surface area contributed by atoms with Gasteiger partial charge in [-0.3, -0.25) is 14.7 Å². The molecule has 0 spiro atoms. The number of nitrogens with one attached hydrogen (secondary N) is 1. The molecule has 1 N–H and O–H groups in total. The summed E-state index contributed by atoms with van der Waals surface area (Å²) < 4.78 is 40.3. The minimum Gasteiger partial charge on any atom is -0.497 e. The van der Waals surface area contributed by atoms with Crippen molar-refractivity contribution < 1.29 is 22.7 Å². The Morgan fingerprint density at radius 3 is 1.95 bits per heavy atom. The van der Waals surface area contributed by atoms with Crippen molar-refractivity contribution in [2.75, 3.05) is 26.1 Å². The van der Waals surface area contributed by atoms with Crippen LogP contribution in [0.3, 0.4) is 0 Å².